The van der Waals surface area contributed by atoms with E-state index in [1.807, 2.05) is 11.0 Å². The van der Waals surface area contributed by atoms with Crippen molar-refractivity contribution in [2.45, 2.75) is 38.1 Å². The fourth-order valence-electron chi connectivity index (χ4n) is 3.85. The van der Waals surface area contributed by atoms with Crippen molar-refractivity contribution in [3.05, 3.63) is 29.8 Å². The van der Waals surface area contributed by atoms with Crippen molar-refractivity contribution < 1.29 is 9.59 Å². The van der Waals surface area contributed by atoms with Crippen LogP contribution >= 0.6 is 12.2 Å². The first-order valence-electron chi connectivity index (χ1n) is 10.1. The van der Waals surface area contributed by atoms with E-state index in [0.29, 0.717) is 29.3 Å². The molecule has 0 aromatic heterocycles. The highest BCUT2D eigenvalue weighted by Gasteiger charge is 2.33. The smallest absolute Gasteiger partial charge is 0.245 e. The Morgan fingerprint density at radius 3 is 2.72 bits per heavy atom. The Bertz CT molecular complexity index is 816. The molecule has 2 saturated heterocycles. The summed E-state index contributed by atoms with van der Waals surface area (Å²) in [6.45, 7) is 2.33. The lowest BCUT2D eigenvalue weighted by Crippen LogP contribution is -2.51. The van der Waals surface area contributed by atoms with Crippen LogP contribution in [0, 0.1) is 11.3 Å². The number of nitriles is 1. The normalized spacial score (nSPS) is 19.4. The van der Waals surface area contributed by atoms with E-state index in [1.165, 1.54) is 0 Å². The lowest BCUT2D eigenvalue weighted by Gasteiger charge is -2.32. The SMILES string of the molecule is CN(C(=S)Nc1cccc(C#N)c1)C1CCCCN(CC(=O)N2CCCC2)C1=O. The fraction of sp³-hybridized carbons (Fsp3) is 0.524. The highest BCUT2D eigenvalue weighted by Crippen LogP contribution is 2.19. The molecular formula is C21H27N5O2S. The Balaban J connectivity index is 1.65. The van der Waals surface area contributed by atoms with E-state index in [4.69, 9.17) is 17.5 Å². The van der Waals surface area contributed by atoms with E-state index in [1.54, 1.807) is 35.0 Å². The first-order valence-corrected chi connectivity index (χ1v) is 10.5. The number of carbonyl (C=O) groups excluding carboxylic acids is 2. The van der Waals surface area contributed by atoms with Crippen molar-refractivity contribution in [2.75, 3.05) is 38.5 Å². The van der Waals surface area contributed by atoms with Crippen molar-refractivity contribution >= 4 is 34.8 Å². The minimum absolute atomic E-state index is 0.0353. The standard InChI is InChI=1S/C21H27N5O2S/c1-24(21(29)23-17-8-6-7-16(13-17)14-22)18-9-2-3-12-26(20(18)28)15-19(27)25-10-4-5-11-25/h6-8,13,18H,2-5,9-12,15H2,1H3,(H,23,29). The van der Waals surface area contributed by atoms with Gasteiger partial charge < -0.3 is 20.0 Å². The quantitative estimate of drug-likeness (QED) is 0.763. The summed E-state index contributed by atoms with van der Waals surface area (Å²) >= 11 is 5.52. The van der Waals surface area contributed by atoms with Crippen LogP contribution in [-0.4, -0.2) is 70.9 Å². The number of rotatable bonds is 4. The molecular weight excluding hydrogens is 386 g/mol. The van der Waals surface area contributed by atoms with Gasteiger partial charge in [0.15, 0.2) is 5.11 Å². The molecule has 1 aromatic carbocycles. The van der Waals surface area contributed by atoms with Crippen LogP contribution < -0.4 is 5.32 Å². The molecule has 1 unspecified atom stereocenters. The van der Waals surface area contributed by atoms with Crippen LogP contribution in [0.15, 0.2) is 24.3 Å². The maximum absolute atomic E-state index is 13.2. The minimum Gasteiger partial charge on any atom is -0.341 e. The number of anilines is 1. The molecule has 2 fully saturated rings. The molecule has 8 heteroatoms. The monoisotopic (exact) mass is 413 g/mol. The van der Waals surface area contributed by atoms with E-state index in [9.17, 15) is 9.59 Å². The minimum atomic E-state index is -0.400. The number of hydrogen-bond donors (Lipinski definition) is 1. The lowest BCUT2D eigenvalue weighted by atomic mass is 10.1. The fourth-order valence-corrected chi connectivity index (χ4v) is 4.10. The summed E-state index contributed by atoms with van der Waals surface area (Å²) in [4.78, 5) is 31.0. The van der Waals surface area contributed by atoms with E-state index >= 15 is 0 Å². The topological polar surface area (TPSA) is 79.7 Å². The van der Waals surface area contributed by atoms with Gasteiger partial charge in [-0.1, -0.05) is 6.07 Å². The third-order valence-corrected chi connectivity index (χ3v) is 5.96. The zero-order valence-corrected chi connectivity index (χ0v) is 17.6. The number of likely N-dealkylation sites (N-methyl/N-ethyl adjacent to an activating group) is 1. The number of thiocarbonyl (C=S) groups is 1. The number of benzene rings is 1. The first-order chi connectivity index (χ1) is 14.0. The van der Waals surface area contributed by atoms with Gasteiger partial charge in [0.25, 0.3) is 0 Å². The molecule has 2 heterocycles. The van der Waals surface area contributed by atoms with Gasteiger partial charge in [-0.3, -0.25) is 9.59 Å². The number of amides is 2. The van der Waals surface area contributed by atoms with Crippen LogP contribution in [0.2, 0.25) is 0 Å². The Morgan fingerprint density at radius 2 is 2.00 bits per heavy atom. The number of hydrogen-bond acceptors (Lipinski definition) is 4. The van der Waals surface area contributed by atoms with Gasteiger partial charge in [-0.15, -0.1) is 0 Å². The van der Waals surface area contributed by atoms with Gasteiger partial charge in [0.1, 0.15) is 6.04 Å². The van der Waals surface area contributed by atoms with Crippen molar-refractivity contribution in [1.82, 2.24) is 14.7 Å². The van der Waals surface area contributed by atoms with Crippen molar-refractivity contribution in [3.63, 3.8) is 0 Å². The first kappa shape index (κ1) is 21.1. The molecule has 3 rings (SSSR count). The number of nitrogens with one attached hydrogen (secondary N) is 1. The zero-order valence-electron chi connectivity index (χ0n) is 16.8. The van der Waals surface area contributed by atoms with Crippen LogP contribution in [0.5, 0.6) is 0 Å². The molecule has 2 amide bonds. The molecule has 2 aliphatic heterocycles. The molecule has 0 aliphatic carbocycles. The summed E-state index contributed by atoms with van der Waals surface area (Å²) < 4.78 is 0. The van der Waals surface area contributed by atoms with Gasteiger partial charge in [0.05, 0.1) is 18.2 Å². The third-order valence-electron chi connectivity index (χ3n) is 5.57. The molecule has 154 valence electrons. The molecule has 1 aromatic rings. The van der Waals surface area contributed by atoms with Crippen LogP contribution in [0.1, 0.15) is 37.7 Å². The van der Waals surface area contributed by atoms with E-state index in [2.05, 4.69) is 11.4 Å². The molecule has 0 radical (unpaired) electrons. The lowest BCUT2D eigenvalue weighted by molar-refractivity contribution is -0.141. The van der Waals surface area contributed by atoms with E-state index in [-0.39, 0.29) is 18.4 Å². The molecule has 1 atom stereocenters. The number of carbonyl (C=O) groups is 2. The summed E-state index contributed by atoms with van der Waals surface area (Å²) in [5.74, 6) is -0.0133. The van der Waals surface area contributed by atoms with E-state index in [0.717, 1.165) is 38.8 Å². The summed E-state index contributed by atoms with van der Waals surface area (Å²) in [5.41, 5.74) is 1.25. The second-order valence-electron chi connectivity index (χ2n) is 7.59. The van der Waals surface area contributed by atoms with Crippen LogP contribution in [0.3, 0.4) is 0 Å². The highest BCUT2D eigenvalue weighted by molar-refractivity contribution is 7.80. The van der Waals surface area contributed by atoms with Gasteiger partial charge in [-0.05, 0) is 62.5 Å². The Kier molecular flexibility index (Phi) is 7.04. The van der Waals surface area contributed by atoms with Gasteiger partial charge >= 0.3 is 0 Å². The Morgan fingerprint density at radius 1 is 1.28 bits per heavy atom. The summed E-state index contributed by atoms with van der Waals surface area (Å²) in [6.07, 6.45) is 4.56. The third kappa shape index (κ3) is 5.24. The molecule has 2 aliphatic rings. The second kappa shape index (κ2) is 9.70. The van der Waals surface area contributed by atoms with Crippen LogP contribution in [0.25, 0.3) is 0 Å². The molecule has 0 saturated carbocycles. The summed E-state index contributed by atoms with van der Waals surface area (Å²) in [7, 11) is 1.80. The number of nitrogens with zero attached hydrogens (tertiary/aromatic N) is 4. The zero-order chi connectivity index (χ0) is 20.8. The van der Waals surface area contributed by atoms with Gasteiger partial charge in [0, 0.05) is 32.4 Å². The van der Waals surface area contributed by atoms with Crippen LogP contribution in [-0.2, 0) is 9.59 Å². The predicted octanol–water partition coefficient (Wildman–Crippen LogP) is 2.19. The molecule has 0 bridgehead atoms. The predicted molar refractivity (Wildman–Crippen MR) is 115 cm³/mol. The Labute approximate surface area is 177 Å². The summed E-state index contributed by atoms with van der Waals surface area (Å²) in [5, 5.41) is 12.6. The van der Waals surface area contributed by atoms with Crippen molar-refractivity contribution in [3.8, 4) is 6.07 Å². The van der Waals surface area contributed by atoms with Crippen molar-refractivity contribution in [2.24, 2.45) is 0 Å². The second-order valence-corrected chi connectivity index (χ2v) is 7.98. The average Bonchev–Trinajstić information content (AvgIpc) is 3.21. The average molecular weight is 414 g/mol. The number of likely N-dealkylation sites (tertiary alicyclic amines) is 2. The molecule has 29 heavy (non-hydrogen) atoms. The summed E-state index contributed by atoms with van der Waals surface area (Å²) in [6, 6.07) is 8.76. The largest absolute Gasteiger partial charge is 0.341 e. The van der Waals surface area contributed by atoms with Crippen LogP contribution in [0.4, 0.5) is 5.69 Å². The molecule has 1 N–H and O–H groups in total. The molecule has 7 nitrogen and oxygen atoms in total. The van der Waals surface area contributed by atoms with E-state index < -0.39 is 6.04 Å². The Hall–Kier alpha value is -2.66. The molecule has 0 spiro atoms. The van der Waals surface area contributed by atoms with Crippen molar-refractivity contribution in [1.29, 1.82) is 5.26 Å². The van der Waals surface area contributed by atoms with Gasteiger partial charge in [-0.2, -0.15) is 5.26 Å². The highest BCUT2D eigenvalue weighted by atomic mass is 32.1. The van der Waals surface area contributed by atoms with Gasteiger partial charge in [0.2, 0.25) is 11.8 Å². The maximum Gasteiger partial charge on any atom is 0.245 e. The van der Waals surface area contributed by atoms with Gasteiger partial charge in [-0.25, -0.2) is 0 Å². The maximum atomic E-state index is 13.2.